The highest BCUT2D eigenvalue weighted by molar-refractivity contribution is 5.69. The molecule has 0 amide bonds. The van der Waals surface area contributed by atoms with Crippen LogP contribution in [0.5, 0.6) is 0 Å². The number of aliphatic hydroxyl groups is 1. The summed E-state index contributed by atoms with van der Waals surface area (Å²) in [7, 11) is 1.38. The van der Waals surface area contributed by atoms with Gasteiger partial charge in [0, 0.05) is 13.6 Å². The van der Waals surface area contributed by atoms with Crippen molar-refractivity contribution < 1.29 is 18.3 Å². The predicted octanol–water partition coefficient (Wildman–Crippen LogP) is 0.620. The van der Waals surface area contributed by atoms with Crippen LogP contribution in [0.15, 0.2) is 15.9 Å². The van der Waals surface area contributed by atoms with Crippen LogP contribution < -0.4 is 11.2 Å². The molecule has 0 radical (unpaired) electrons. The summed E-state index contributed by atoms with van der Waals surface area (Å²) in [5, 5.41) is 9.52. The summed E-state index contributed by atoms with van der Waals surface area (Å²) in [6.45, 7) is 1.65. The van der Waals surface area contributed by atoms with Crippen LogP contribution in [0.1, 0.15) is 19.8 Å². The molecular formula is C13H17F3N4O3. The number of nitrogens with zero attached hydrogens (tertiary/aromatic N) is 4. The minimum atomic E-state index is -4.58. The van der Waals surface area contributed by atoms with Gasteiger partial charge in [-0.15, -0.1) is 0 Å². The maximum Gasteiger partial charge on any atom is 0.391 e. The van der Waals surface area contributed by atoms with Gasteiger partial charge in [0.15, 0.2) is 11.2 Å². The van der Waals surface area contributed by atoms with Crippen LogP contribution in [0.4, 0.5) is 13.2 Å². The Bertz CT molecular complexity index is 819. The minimum Gasteiger partial charge on any atom is -0.391 e. The van der Waals surface area contributed by atoms with E-state index in [1.54, 1.807) is 4.57 Å². The average Bonchev–Trinajstić information content (AvgIpc) is 2.84. The van der Waals surface area contributed by atoms with E-state index in [0.29, 0.717) is 17.5 Å². The lowest BCUT2D eigenvalue weighted by Gasteiger charge is -2.15. The number of fused-ring (bicyclic) bond motifs is 1. The van der Waals surface area contributed by atoms with Crippen LogP contribution in [-0.4, -0.2) is 36.1 Å². The van der Waals surface area contributed by atoms with E-state index in [0.717, 1.165) is 4.57 Å². The zero-order chi connectivity index (χ0) is 17.4. The zero-order valence-electron chi connectivity index (χ0n) is 12.7. The van der Waals surface area contributed by atoms with Gasteiger partial charge in [-0.1, -0.05) is 6.92 Å². The summed E-state index contributed by atoms with van der Waals surface area (Å²) >= 11 is 0. The molecule has 0 saturated carbocycles. The molecule has 0 saturated heterocycles. The fourth-order valence-corrected chi connectivity index (χ4v) is 2.44. The highest BCUT2D eigenvalue weighted by atomic mass is 19.4. The molecule has 0 fully saturated rings. The van der Waals surface area contributed by atoms with Gasteiger partial charge in [0.05, 0.1) is 25.4 Å². The zero-order valence-corrected chi connectivity index (χ0v) is 12.7. The van der Waals surface area contributed by atoms with Crippen molar-refractivity contribution in [3.63, 3.8) is 0 Å². The third-order valence-electron chi connectivity index (χ3n) is 3.43. The molecule has 0 bridgehead atoms. The Kier molecular flexibility index (Phi) is 4.64. The Morgan fingerprint density at radius 3 is 2.57 bits per heavy atom. The standard InChI is InChI=1S/C13H17F3N4O3/c1-3-4-19-7-17-10-9(19)11(22)20(12(23)18(10)2)6-8(21)5-13(14,15)16/h7-8,21H,3-6H2,1-2H3/t8-/m1/s1. The van der Waals surface area contributed by atoms with Gasteiger partial charge in [-0.25, -0.2) is 9.78 Å². The number of alkyl halides is 3. The van der Waals surface area contributed by atoms with Gasteiger partial charge >= 0.3 is 11.9 Å². The average molecular weight is 334 g/mol. The van der Waals surface area contributed by atoms with Gasteiger partial charge in [-0.05, 0) is 6.42 Å². The van der Waals surface area contributed by atoms with E-state index in [-0.39, 0.29) is 11.2 Å². The lowest BCUT2D eigenvalue weighted by Crippen LogP contribution is -2.42. The van der Waals surface area contributed by atoms with Crippen molar-refractivity contribution in [1.29, 1.82) is 0 Å². The first-order valence-corrected chi connectivity index (χ1v) is 7.05. The molecule has 0 aliphatic heterocycles. The first-order chi connectivity index (χ1) is 10.7. The maximum absolute atomic E-state index is 12.5. The summed E-state index contributed by atoms with van der Waals surface area (Å²) in [5.41, 5.74) is -1.27. The van der Waals surface area contributed by atoms with Crippen LogP contribution >= 0.6 is 0 Å². The number of aliphatic hydroxyl groups excluding tert-OH is 1. The third kappa shape index (κ3) is 3.46. The van der Waals surface area contributed by atoms with Gasteiger partial charge in [-0.2, -0.15) is 13.2 Å². The van der Waals surface area contributed by atoms with Gasteiger partial charge in [-0.3, -0.25) is 13.9 Å². The molecule has 2 rings (SSSR count). The Balaban J connectivity index is 2.54. The van der Waals surface area contributed by atoms with Crippen LogP contribution in [0.25, 0.3) is 11.2 Å². The molecule has 1 N–H and O–H groups in total. The number of aromatic nitrogens is 4. The van der Waals surface area contributed by atoms with E-state index >= 15 is 0 Å². The van der Waals surface area contributed by atoms with E-state index in [1.165, 1.54) is 13.4 Å². The molecule has 7 nitrogen and oxygen atoms in total. The first kappa shape index (κ1) is 17.3. The topological polar surface area (TPSA) is 82.1 Å². The third-order valence-corrected chi connectivity index (χ3v) is 3.43. The number of hydrogen-bond donors (Lipinski definition) is 1. The normalized spacial score (nSPS) is 13.7. The Morgan fingerprint density at radius 1 is 1.35 bits per heavy atom. The van der Waals surface area contributed by atoms with Crippen LogP contribution in [-0.2, 0) is 20.1 Å². The summed E-state index contributed by atoms with van der Waals surface area (Å²) in [4.78, 5) is 28.6. The SMILES string of the molecule is CCCn1cnc2c1c(=O)n(C[C@H](O)CC(F)(F)F)c(=O)n2C. The number of halogens is 3. The monoisotopic (exact) mass is 334 g/mol. The fraction of sp³-hybridized carbons (Fsp3) is 0.615. The highest BCUT2D eigenvalue weighted by Crippen LogP contribution is 2.21. The molecule has 0 aliphatic rings. The molecule has 128 valence electrons. The number of hydrogen-bond acceptors (Lipinski definition) is 4. The Hall–Kier alpha value is -2.10. The van der Waals surface area contributed by atoms with Crippen LogP contribution in [0.3, 0.4) is 0 Å². The van der Waals surface area contributed by atoms with Gasteiger partial charge in [0.25, 0.3) is 5.56 Å². The van der Waals surface area contributed by atoms with Crippen molar-refractivity contribution in [1.82, 2.24) is 18.7 Å². The Morgan fingerprint density at radius 2 is 2.00 bits per heavy atom. The molecule has 2 aromatic rings. The van der Waals surface area contributed by atoms with E-state index < -0.39 is 36.5 Å². The van der Waals surface area contributed by atoms with Gasteiger partial charge in [0.2, 0.25) is 0 Å². The molecule has 2 heterocycles. The predicted molar refractivity (Wildman–Crippen MR) is 76.2 cm³/mol. The highest BCUT2D eigenvalue weighted by Gasteiger charge is 2.32. The molecule has 23 heavy (non-hydrogen) atoms. The van der Waals surface area contributed by atoms with E-state index in [1.807, 2.05) is 6.92 Å². The maximum atomic E-state index is 12.5. The second kappa shape index (κ2) is 6.19. The summed E-state index contributed by atoms with van der Waals surface area (Å²) in [6.07, 6.45) is -5.83. The molecule has 1 atom stereocenters. The fourth-order valence-electron chi connectivity index (χ4n) is 2.44. The van der Waals surface area contributed by atoms with Gasteiger partial charge < -0.3 is 9.67 Å². The van der Waals surface area contributed by atoms with Crippen LogP contribution in [0, 0.1) is 0 Å². The molecule has 0 unspecified atom stereocenters. The quantitative estimate of drug-likeness (QED) is 0.869. The largest absolute Gasteiger partial charge is 0.391 e. The van der Waals surface area contributed by atoms with Crippen molar-refractivity contribution in [3.8, 4) is 0 Å². The first-order valence-electron chi connectivity index (χ1n) is 7.05. The lowest BCUT2D eigenvalue weighted by atomic mass is 10.2. The van der Waals surface area contributed by atoms with Crippen molar-refractivity contribution in [2.75, 3.05) is 0 Å². The summed E-state index contributed by atoms with van der Waals surface area (Å²) < 4.78 is 40.2. The van der Waals surface area contributed by atoms with Crippen molar-refractivity contribution in [2.24, 2.45) is 7.05 Å². The molecule has 2 aromatic heterocycles. The van der Waals surface area contributed by atoms with E-state index in [2.05, 4.69) is 4.98 Å². The summed E-state index contributed by atoms with van der Waals surface area (Å²) in [6, 6.07) is 0. The molecule has 0 aromatic carbocycles. The Labute approximate surface area is 128 Å². The second-order valence-electron chi connectivity index (χ2n) is 5.34. The van der Waals surface area contributed by atoms with E-state index in [4.69, 9.17) is 0 Å². The van der Waals surface area contributed by atoms with Crippen molar-refractivity contribution in [2.45, 2.75) is 45.1 Å². The number of imidazole rings is 1. The molecule has 0 spiro atoms. The minimum absolute atomic E-state index is 0.133. The van der Waals surface area contributed by atoms with E-state index in [9.17, 15) is 27.9 Å². The molecule has 10 heteroatoms. The smallest absolute Gasteiger partial charge is 0.391 e. The number of rotatable bonds is 5. The second-order valence-corrected chi connectivity index (χ2v) is 5.34. The number of aryl methyl sites for hydroxylation is 2. The van der Waals surface area contributed by atoms with Crippen molar-refractivity contribution >= 4 is 11.2 Å². The summed E-state index contributed by atoms with van der Waals surface area (Å²) in [5.74, 6) is 0. The lowest BCUT2D eigenvalue weighted by molar-refractivity contribution is -0.154. The van der Waals surface area contributed by atoms with Crippen molar-refractivity contribution in [3.05, 3.63) is 27.2 Å². The molecular weight excluding hydrogens is 317 g/mol. The van der Waals surface area contributed by atoms with Crippen LogP contribution in [0.2, 0.25) is 0 Å². The van der Waals surface area contributed by atoms with Gasteiger partial charge in [0.1, 0.15) is 0 Å². The molecule has 0 aliphatic carbocycles.